The summed E-state index contributed by atoms with van der Waals surface area (Å²) in [6.45, 7) is 6.06. The fourth-order valence-electron chi connectivity index (χ4n) is 3.22. The van der Waals surface area contributed by atoms with Crippen LogP contribution in [0.2, 0.25) is 5.02 Å². The van der Waals surface area contributed by atoms with Crippen molar-refractivity contribution in [2.45, 2.75) is 39.2 Å². The number of halogens is 2. The maximum absolute atomic E-state index is 12.8. The molecule has 2 heterocycles. The second-order valence-corrected chi connectivity index (χ2v) is 7.01. The number of amides is 1. The van der Waals surface area contributed by atoms with Crippen LogP contribution < -0.4 is 10.6 Å². The molecule has 2 atom stereocenters. The van der Waals surface area contributed by atoms with Crippen molar-refractivity contribution in [1.82, 2.24) is 25.6 Å². The van der Waals surface area contributed by atoms with E-state index in [0.29, 0.717) is 16.6 Å². The zero-order valence-electron chi connectivity index (χ0n) is 15.0. The molecule has 1 aromatic heterocycles. The Morgan fingerprint density at radius 1 is 1.46 bits per heavy atom. The SMILES string of the molecule is CCCc1c(C(=O)NC2CCNCC2C)nnn1-c1cccc(Cl)c1.Cl. The molecule has 1 saturated heterocycles. The summed E-state index contributed by atoms with van der Waals surface area (Å²) in [6, 6.07) is 7.58. The summed E-state index contributed by atoms with van der Waals surface area (Å²) < 4.78 is 1.72. The lowest BCUT2D eigenvalue weighted by molar-refractivity contribution is 0.0908. The number of hydrogen-bond donors (Lipinski definition) is 2. The number of benzene rings is 1. The quantitative estimate of drug-likeness (QED) is 0.812. The van der Waals surface area contributed by atoms with Crippen molar-refractivity contribution in [3.63, 3.8) is 0 Å². The standard InChI is InChI=1S/C18H24ClN5O.ClH/c1-3-5-16-17(18(25)21-15-8-9-20-11-12(15)2)22-23-24(16)14-7-4-6-13(19)10-14;/h4,6-7,10,12,15,20H,3,5,8-9,11H2,1-2H3,(H,21,25);1H. The molecular weight excluding hydrogens is 373 g/mol. The van der Waals surface area contributed by atoms with Crippen molar-refractivity contribution in [2.24, 2.45) is 5.92 Å². The third-order valence-electron chi connectivity index (χ3n) is 4.62. The van der Waals surface area contributed by atoms with Crippen LogP contribution in [0.1, 0.15) is 42.9 Å². The van der Waals surface area contributed by atoms with Crippen LogP contribution in [-0.2, 0) is 6.42 Å². The molecule has 3 rings (SSSR count). The smallest absolute Gasteiger partial charge is 0.274 e. The van der Waals surface area contributed by atoms with Crippen molar-refractivity contribution in [1.29, 1.82) is 0 Å². The average Bonchev–Trinajstić information content (AvgIpc) is 3.01. The highest BCUT2D eigenvalue weighted by Gasteiger charge is 2.26. The van der Waals surface area contributed by atoms with Crippen LogP contribution in [0.4, 0.5) is 0 Å². The Balaban J connectivity index is 0.00000243. The lowest BCUT2D eigenvalue weighted by Gasteiger charge is -2.30. The van der Waals surface area contributed by atoms with E-state index in [1.807, 2.05) is 24.3 Å². The Labute approximate surface area is 165 Å². The number of nitrogens with one attached hydrogen (secondary N) is 2. The highest BCUT2D eigenvalue weighted by molar-refractivity contribution is 6.30. The van der Waals surface area contributed by atoms with E-state index < -0.39 is 0 Å². The van der Waals surface area contributed by atoms with E-state index in [1.165, 1.54) is 0 Å². The van der Waals surface area contributed by atoms with Gasteiger partial charge in [-0.3, -0.25) is 4.79 Å². The molecule has 0 radical (unpaired) electrons. The van der Waals surface area contributed by atoms with Gasteiger partial charge in [0, 0.05) is 11.1 Å². The second-order valence-electron chi connectivity index (χ2n) is 6.58. The van der Waals surface area contributed by atoms with E-state index in [1.54, 1.807) is 4.68 Å². The Morgan fingerprint density at radius 3 is 2.96 bits per heavy atom. The summed E-state index contributed by atoms with van der Waals surface area (Å²) in [7, 11) is 0. The van der Waals surface area contributed by atoms with Gasteiger partial charge >= 0.3 is 0 Å². The van der Waals surface area contributed by atoms with Gasteiger partial charge < -0.3 is 10.6 Å². The van der Waals surface area contributed by atoms with Crippen molar-refractivity contribution in [3.05, 3.63) is 40.7 Å². The van der Waals surface area contributed by atoms with Gasteiger partial charge in [-0.2, -0.15) is 0 Å². The molecule has 1 aliphatic heterocycles. The molecule has 1 fully saturated rings. The number of aromatic nitrogens is 3. The van der Waals surface area contributed by atoms with Crippen LogP contribution in [0.5, 0.6) is 0 Å². The van der Waals surface area contributed by atoms with Gasteiger partial charge in [0.15, 0.2) is 5.69 Å². The van der Waals surface area contributed by atoms with E-state index in [4.69, 9.17) is 11.6 Å². The molecule has 2 aromatic rings. The monoisotopic (exact) mass is 397 g/mol. The highest BCUT2D eigenvalue weighted by atomic mass is 35.5. The first-order valence-corrected chi connectivity index (χ1v) is 9.20. The summed E-state index contributed by atoms with van der Waals surface area (Å²) in [5, 5.41) is 15.5. The largest absolute Gasteiger partial charge is 0.347 e. The molecule has 1 aromatic carbocycles. The normalized spacial score (nSPS) is 19.7. The van der Waals surface area contributed by atoms with Gasteiger partial charge in [-0.1, -0.05) is 43.1 Å². The zero-order chi connectivity index (χ0) is 17.8. The zero-order valence-corrected chi connectivity index (χ0v) is 16.6. The summed E-state index contributed by atoms with van der Waals surface area (Å²) in [6.07, 6.45) is 2.56. The number of nitrogens with zero attached hydrogens (tertiary/aromatic N) is 3. The van der Waals surface area contributed by atoms with Gasteiger partial charge in [0.05, 0.1) is 11.4 Å². The van der Waals surface area contributed by atoms with Gasteiger partial charge in [-0.25, -0.2) is 4.68 Å². The molecule has 1 aliphatic rings. The summed E-state index contributed by atoms with van der Waals surface area (Å²) >= 11 is 6.09. The Morgan fingerprint density at radius 2 is 2.27 bits per heavy atom. The lowest BCUT2D eigenvalue weighted by atomic mass is 9.95. The Kier molecular flexibility index (Phi) is 7.43. The number of carbonyl (C=O) groups is 1. The molecule has 2 N–H and O–H groups in total. The van der Waals surface area contributed by atoms with Gasteiger partial charge in [0.1, 0.15) is 0 Å². The Hall–Kier alpha value is -1.63. The van der Waals surface area contributed by atoms with Crippen LogP contribution >= 0.6 is 24.0 Å². The molecule has 0 bridgehead atoms. The van der Waals surface area contributed by atoms with Gasteiger partial charge in [0.2, 0.25) is 0 Å². The first-order valence-electron chi connectivity index (χ1n) is 8.82. The predicted octanol–water partition coefficient (Wildman–Crippen LogP) is 3.02. The van der Waals surface area contributed by atoms with Crippen molar-refractivity contribution < 1.29 is 4.79 Å². The maximum atomic E-state index is 12.8. The molecule has 6 nitrogen and oxygen atoms in total. The number of carbonyl (C=O) groups excluding carboxylic acids is 1. The van der Waals surface area contributed by atoms with Crippen LogP contribution in [0, 0.1) is 5.92 Å². The van der Waals surface area contributed by atoms with Crippen molar-refractivity contribution in [2.75, 3.05) is 13.1 Å². The summed E-state index contributed by atoms with van der Waals surface area (Å²) in [5.41, 5.74) is 2.05. The van der Waals surface area contributed by atoms with E-state index in [9.17, 15) is 4.79 Å². The summed E-state index contributed by atoms with van der Waals surface area (Å²) in [4.78, 5) is 12.8. The molecule has 0 saturated carbocycles. The minimum absolute atomic E-state index is 0. The van der Waals surface area contributed by atoms with E-state index in [-0.39, 0.29) is 24.4 Å². The summed E-state index contributed by atoms with van der Waals surface area (Å²) in [5.74, 6) is 0.255. The predicted molar refractivity (Wildman–Crippen MR) is 106 cm³/mol. The third kappa shape index (κ3) is 4.55. The number of rotatable bonds is 5. The first-order chi connectivity index (χ1) is 12.1. The minimum Gasteiger partial charge on any atom is -0.347 e. The highest BCUT2D eigenvalue weighted by Crippen LogP contribution is 2.19. The molecular formula is C18H25Cl2N5O. The molecule has 0 aliphatic carbocycles. The van der Waals surface area contributed by atoms with Crippen LogP contribution in [0.25, 0.3) is 5.69 Å². The van der Waals surface area contributed by atoms with E-state index >= 15 is 0 Å². The van der Waals surface area contributed by atoms with Gasteiger partial charge in [-0.15, -0.1) is 17.5 Å². The lowest BCUT2D eigenvalue weighted by Crippen LogP contribution is -2.48. The fraction of sp³-hybridized carbons (Fsp3) is 0.500. The fourth-order valence-corrected chi connectivity index (χ4v) is 3.40. The van der Waals surface area contributed by atoms with Crippen molar-refractivity contribution in [3.8, 4) is 5.69 Å². The van der Waals surface area contributed by atoms with Crippen LogP contribution in [0.15, 0.2) is 24.3 Å². The second kappa shape index (κ2) is 9.35. The molecule has 142 valence electrons. The first kappa shape index (κ1) is 20.7. The van der Waals surface area contributed by atoms with E-state index in [2.05, 4.69) is 34.8 Å². The molecule has 26 heavy (non-hydrogen) atoms. The minimum atomic E-state index is -0.143. The molecule has 1 amide bonds. The number of hydrogen-bond acceptors (Lipinski definition) is 4. The van der Waals surface area contributed by atoms with E-state index in [0.717, 1.165) is 43.7 Å². The molecule has 8 heteroatoms. The molecule has 2 unspecified atom stereocenters. The van der Waals surface area contributed by atoms with Crippen molar-refractivity contribution >= 4 is 29.9 Å². The number of piperidine rings is 1. The van der Waals surface area contributed by atoms with Gasteiger partial charge in [0.25, 0.3) is 5.91 Å². The van der Waals surface area contributed by atoms with Gasteiger partial charge in [-0.05, 0) is 50.0 Å². The maximum Gasteiger partial charge on any atom is 0.274 e. The Bertz CT molecular complexity index is 749. The van der Waals surface area contributed by atoms with Crippen LogP contribution in [-0.4, -0.2) is 40.0 Å². The van der Waals surface area contributed by atoms with Crippen LogP contribution in [0.3, 0.4) is 0 Å². The third-order valence-corrected chi connectivity index (χ3v) is 4.85. The average molecular weight is 398 g/mol. The molecule has 0 spiro atoms. The topological polar surface area (TPSA) is 71.8 Å².